The molecule has 1 aromatic heterocycles. The Labute approximate surface area is 157 Å². The van der Waals surface area contributed by atoms with E-state index in [2.05, 4.69) is 34.7 Å². The molecule has 0 aliphatic rings. The Balaban J connectivity index is 2.63. The van der Waals surface area contributed by atoms with Crippen molar-refractivity contribution in [2.75, 3.05) is 12.4 Å². The van der Waals surface area contributed by atoms with Gasteiger partial charge in [-0.25, -0.2) is 14.2 Å². The highest BCUT2D eigenvalue weighted by Crippen LogP contribution is 2.31. The SMILES string of the molecule is COC(=O)c1nc(-c2ccc([Si](C)(C)C)c(F)c2)cc(NC(C)=O)c1Cl. The van der Waals surface area contributed by atoms with E-state index in [1.165, 1.54) is 26.2 Å². The molecule has 26 heavy (non-hydrogen) atoms. The van der Waals surface area contributed by atoms with Crippen LogP contribution in [0.3, 0.4) is 0 Å². The normalized spacial score (nSPS) is 11.2. The number of nitrogens with zero attached hydrogens (tertiary/aromatic N) is 1. The van der Waals surface area contributed by atoms with Crippen LogP contribution in [0.1, 0.15) is 17.4 Å². The quantitative estimate of drug-likeness (QED) is 0.632. The minimum Gasteiger partial charge on any atom is -0.464 e. The monoisotopic (exact) mass is 394 g/mol. The lowest BCUT2D eigenvalue weighted by molar-refractivity contribution is -0.114. The maximum absolute atomic E-state index is 14.6. The third-order valence-electron chi connectivity index (χ3n) is 3.72. The number of methoxy groups -OCH3 is 1. The largest absolute Gasteiger partial charge is 0.464 e. The number of anilines is 1. The molecule has 0 unspecified atom stereocenters. The molecule has 1 aromatic carbocycles. The van der Waals surface area contributed by atoms with Crippen molar-refractivity contribution in [3.05, 3.63) is 40.8 Å². The molecule has 5 nitrogen and oxygen atoms in total. The molecule has 1 amide bonds. The highest BCUT2D eigenvalue weighted by molar-refractivity contribution is 6.88. The van der Waals surface area contributed by atoms with Crippen LogP contribution in [0.2, 0.25) is 24.7 Å². The van der Waals surface area contributed by atoms with Crippen molar-refractivity contribution >= 4 is 42.4 Å². The number of hydrogen-bond donors (Lipinski definition) is 1. The van der Waals surface area contributed by atoms with Gasteiger partial charge in [-0.15, -0.1) is 0 Å². The topological polar surface area (TPSA) is 68.3 Å². The second kappa shape index (κ2) is 7.55. The lowest BCUT2D eigenvalue weighted by Gasteiger charge is -2.18. The summed E-state index contributed by atoms with van der Waals surface area (Å²) in [7, 11) is -0.624. The van der Waals surface area contributed by atoms with Crippen LogP contribution in [-0.2, 0) is 9.53 Å². The Morgan fingerprint density at radius 3 is 2.38 bits per heavy atom. The van der Waals surface area contributed by atoms with E-state index < -0.39 is 14.0 Å². The van der Waals surface area contributed by atoms with Gasteiger partial charge < -0.3 is 10.1 Å². The van der Waals surface area contributed by atoms with Crippen LogP contribution in [0, 0.1) is 5.82 Å². The van der Waals surface area contributed by atoms with Gasteiger partial charge in [0.25, 0.3) is 0 Å². The van der Waals surface area contributed by atoms with Crippen LogP contribution in [0.25, 0.3) is 11.3 Å². The third-order valence-corrected chi connectivity index (χ3v) is 6.12. The fourth-order valence-corrected chi connectivity index (χ4v) is 4.07. The van der Waals surface area contributed by atoms with E-state index in [4.69, 9.17) is 11.6 Å². The number of esters is 1. The summed E-state index contributed by atoms with van der Waals surface area (Å²) in [6.07, 6.45) is 0. The number of carbonyl (C=O) groups excluding carboxylic acids is 2. The van der Waals surface area contributed by atoms with E-state index in [1.807, 2.05) is 0 Å². The van der Waals surface area contributed by atoms with E-state index in [9.17, 15) is 14.0 Å². The first kappa shape index (κ1) is 20.1. The Hall–Kier alpha value is -2.25. The number of nitrogens with one attached hydrogen (secondary N) is 1. The number of ether oxygens (including phenoxy) is 1. The molecule has 1 heterocycles. The lowest BCUT2D eigenvalue weighted by Crippen LogP contribution is -2.39. The molecule has 2 rings (SSSR count). The van der Waals surface area contributed by atoms with Gasteiger partial charge in [-0.1, -0.05) is 43.4 Å². The number of amides is 1. The number of hydrogen-bond acceptors (Lipinski definition) is 4. The minimum absolute atomic E-state index is 0.0324. The molecule has 0 radical (unpaired) electrons. The zero-order chi connectivity index (χ0) is 19.6. The third kappa shape index (κ3) is 4.28. The maximum atomic E-state index is 14.6. The molecule has 0 fully saturated rings. The van der Waals surface area contributed by atoms with Crippen LogP contribution in [0.15, 0.2) is 24.3 Å². The van der Waals surface area contributed by atoms with E-state index in [-0.39, 0.29) is 28.1 Å². The van der Waals surface area contributed by atoms with Gasteiger partial charge >= 0.3 is 5.97 Å². The van der Waals surface area contributed by atoms with Crippen molar-refractivity contribution in [1.29, 1.82) is 0 Å². The summed E-state index contributed by atoms with van der Waals surface area (Å²) in [6.45, 7) is 7.47. The number of pyridine rings is 1. The van der Waals surface area contributed by atoms with Gasteiger partial charge in [0.1, 0.15) is 5.82 Å². The zero-order valence-electron chi connectivity index (χ0n) is 15.2. The Kier molecular flexibility index (Phi) is 5.83. The van der Waals surface area contributed by atoms with Gasteiger partial charge in [0.05, 0.1) is 31.6 Å². The minimum atomic E-state index is -1.83. The summed E-state index contributed by atoms with van der Waals surface area (Å²) >= 11 is 6.16. The first-order valence-corrected chi connectivity index (χ1v) is 11.8. The van der Waals surface area contributed by atoms with E-state index in [0.29, 0.717) is 16.4 Å². The van der Waals surface area contributed by atoms with Crippen molar-refractivity contribution in [2.24, 2.45) is 0 Å². The first-order chi connectivity index (χ1) is 12.0. The summed E-state index contributed by atoms with van der Waals surface area (Å²) < 4.78 is 19.3. The van der Waals surface area contributed by atoms with E-state index in [0.717, 1.165) is 0 Å². The van der Waals surface area contributed by atoms with E-state index >= 15 is 0 Å². The summed E-state index contributed by atoms with van der Waals surface area (Å²) in [6, 6.07) is 6.36. The number of halogens is 2. The fourth-order valence-electron chi connectivity index (χ4n) is 2.47. The van der Waals surface area contributed by atoms with Crippen molar-refractivity contribution < 1.29 is 18.7 Å². The predicted octanol–water partition coefficient (Wildman–Crippen LogP) is 3.83. The molecule has 0 spiro atoms. The van der Waals surface area contributed by atoms with Crippen LogP contribution < -0.4 is 10.5 Å². The molecule has 0 atom stereocenters. The van der Waals surface area contributed by atoms with Gasteiger partial charge in [0.2, 0.25) is 5.91 Å². The fraction of sp³-hybridized carbons (Fsp3) is 0.278. The predicted molar refractivity (Wildman–Crippen MR) is 103 cm³/mol. The summed E-state index contributed by atoms with van der Waals surface area (Å²) in [5, 5.41) is 3.21. The molecule has 8 heteroatoms. The standard InChI is InChI=1S/C18H20ClFN2O3Si/c1-10(23)21-14-9-13(22-17(16(14)19)18(24)25-2)11-6-7-15(12(20)8-11)26(3,4)5/h6-9H,1-5H3,(H,21,22,23). The summed E-state index contributed by atoms with van der Waals surface area (Å²) in [5.41, 5.74) is 0.835. The molecule has 0 aliphatic carbocycles. The molecule has 0 bridgehead atoms. The number of aromatic nitrogens is 1. The molecule has 2 aromatic rings. The van der Waals surface area contributed by atoms with Gasteiger partial charge in [-0.05, 0) is 17.3 Å². The zero-order valence-corrected chi connectivity index (χ0v) is 17.0. The smallest absolute Gasteiger partial charge is 0.358 e. The second-order valence-electron chi connectivity index (χ2n) is 6.84. The van der Waals surface area contributed by atoms with Crippen molar-refractivity contribution in [3.8, 4) is 11.3 Å². The molecular weight excluding hydrogens is 375 g/mol. The molecular formula is C18H20ClFN2O3Si. The van der Waals surface area contributed by atoms with Crippen LogP contribution in [-0.4, -0.2) is 32.0 Å². The number of rotatable bonds is 4. The van der Waals surface area contributed by atoms with Crippen molar-refractivity contribution in [3.63, 3.8) is 0 Å². The van der Waals surface area contributed by atoms with Gasteiger partial charge in [0, 0.05) is 12.5 Å². The number of carbonyl (C=O) groups is 2. The van der Waals surface area contributed by atoms with Crippen LogP contribution >= 0.6 is 11.6 Å². The summed E-state index contributed by atoms with van der Waals surface area (Å²) in [5.74, 6) is -1.43. The van der Waals surface area contributed by atoms with Gasteiger partial charge in [0.15, 0.2) is 5.69 Å². The maximum Gasteiger partial charge on any atom is 0.358 e. The summed E-state index contributed by atoms with van der Waals surface area (Å²) in [4.78, 5) is 27.6. The highest BCUT2D eigenvalue weighted by atomic mass is 35.5. The molecule has 138 valence electrons. The van der Waals surface area contributed by atoms with Gasteiger partial charge in [-0.3, -0.25) is 4.79 Å². The van der Waals surface area contributed by atoms with Crippen molar-refractivity contribution in [2.45, 2.75) is 26.6 Å². The van der Waals surface area contributed by atoms with Gasteiger partial charge in [-0.2, -0.15) is 0 Å². The first-order valence-electron chi connectivity index (χ1n) is 7.91. The second-order valence-corrected chi connectivity index (χ2v) is 12.3. The lowest BCUT2D eigenvalue weighted by atomic mass is 10.1. The Morgan fingerprint density at radius 1 is 1.23 bits per heavy atom. The highest BCUT2D eigenvalue weighted by Gasteiger charge is 2.23. The number of benzene rings is 1. The molecule has 0 saturated carbocycles. The van der Waals surface area contributed by atoms with Crippen LogP contribution in [0.5, 0.6) is 0 Å². The average molecular weight is 395 g/mol. The van der Waals surface area contributed by atoms with E-state index in [1.54, 1.807) is 12.1 Å². The Morgan fingerprint density at radius 2 is 1.88 bits per heavy atom. The van der Waals surface area contributed by atoms with Crippen LogP contribution in [0.4, 0.5) is 10.1 Å². The molecule has 0 saturated heterocycles. The molecule has 1 N–H and O–H groups in total. The molecule has 0 aliphatic heterocycles. The Bertz CT molecular complexity index is 881. The average Bonchev–Trinajstić information content (AvgIpc) is 2.54. The van der Waals surface area contributed by atoms with Crippen molar-refractivity contribution in [1.82, 2.24) is 4.98 Å².